The van der Waals surface area contributed by atoms with Crippen LogP contribution in [0.2, 0.25) is 0 Å². The first kappa shape index (κ1) is 19.2. The number of fused-ring (bicyclic) bond motifs is 1. The second-order valence-corrected chi connectivity index (χ2v) is 9.03. The summed E-state index contributed by atoms with van der Waals surface area (Å²) in [7, 11) is -3.24. The van der Waals surface area contributed by atoms with Crippen molar-refractivity contribution < 1.29 is 13.2 Å². The first-order valence-corrected chi connectivity index (χ1v) is 11.3. The molecule has 0 unspecified atom stereocenters. The molecule has 0 saturated carbocycles. The number of nitrogens with zero attached hydrogens (tertiary/aromatic N) is 2. The Labute approximate surface area is 170 Å². The van der Waals surface area contributed by atoms with Crippen molar-refractivity contribution in [2.75, 3.05) is 12.9 Å². The molecule has 4 rings (SSSR count). The first-order chi connectivity index (χ1) is 13.9. The number of rotatable bonds is 5. The van der Waals surface area contributed by atoms with E-state index in [2.05, 4.69) is 0 Å². The topological polar surface area (TPSA) is 60.7 Å². The zero-order chi connectivity index (χ0) is 20.6. The summed E-state index contributed by atoms with van der Waals surface area (Å²) in [6.45, 7) is 4.60. The molecule has 0 fully saturated rings. The average Bonchev–Trinajstić information content (AvgIpc) is 3.06. The molecule has 2 aromatic heterocycles. The van der Waals surface area contributed by atoms with Crippen LogP contribution in [0.5, 0.6) is 5.75 Å². The third-order valence-electron chi connectivity index (χ3n) is 4.79. The maximum atomic E-state index is 11.8. The third-order valence-corrected chi connectivity index (χ3v) is 5.92. The van der Waals surface area contributed by atoms with Crippen molar-refractivity contribution in [3.63, 3.8) is 0 Å². The van der Waals surface area contributed by atoms with Crippen LogP contribution in [-0.2, 0) is 9.84 Å². The molecule has 0 aliphatic heterocycles. The van der Waals surface area contributed by atoms with Gasteiger partial charge in [0.25, 0.3) is 0 Å². The van der Waals surface area contributed by atoms with Gasteiger partial charge in [-0.3, -0.25) is 0 Å². The minimum Gasteiger partial charge on any atom is -0.494 e. The SMILES string of the molecule is CCOc1ccc(-c2nn3cc(C)ccc3c2-c2ccc(S(C)(=O)=O)cc2)cc1. The first-order valence-electron chi connectivity index (χ1n) is 9.39. The number of sulfone groups is 1. The molecular weight excluding hydrogens is 384 g/mol. The van der Waals surface area contributed by atoms with E-state index in [0.717, 1.165) is 39.2 Å². The zero-order valence-electron chi connectivity index (χ0n) is 16.6. The van der Waals surface area contributed by atoms with Gasteiger partial charge in [-0.2, -0.15) is 5.10 Å². The lowest BCUT2D eigenvalue weighted by Crippen LogP contribution is -1.96. The summed E-state index contributed by atoms with van der Waals surface area (Å²) < 4.78 is 31.1. The van der Waals surface area contributed by atoms with Crippen LogP contribution < -0.4 is 4.74 Å². The Morgan fingerprint density at radius 2 is 1.59 bits per heavy atom. The predicted molar refractivity (Wildman–Crippen MR) is 115 cm³/mol. The summed E-state index contributed by atoms with van der Waals surface area (Å²) in [6, 6.07) is 18.9. The summed E-state index contributed by atoms with van der Waals surface area (Å²) in [6.07, 6.45) is 3.20. The molecule has 0 amide bonds. The molecule has 0 aliphatic carbocycles. The van der Waals surface area contributed by atoms with Crippen LogP contribution in [0.25, 0.3) is 27.9 Å². The van der Waals surface area contributed by atoms with Gasteiger partial charge in [0, 0.05) is 23.6 Å². The van der Waals surface area contributed by atoms with Crippen LogP contribution in [0.4, 0.5) is 0 Å². The Balaban J connectivity index is 1.90. The number of benzene rings is 2. The molecule has 2 heterocycles. The van der Waals surface area contributed by atoms with Gasteiger partial charge >= 0.3 is 0 Å². The van der Waals surface area contributed by atoms with Crippen LogP contribution in [0.3, 0.4) is 0 Å². The number of ether oxygens (including phenoxy) is 1. The molecule has 0 aliphatic rings. The van der Waals surface area contributed by atoms with Gasteiger partial charge in [-0.25, -0.2) is 12.9 Å². The van der Waals surface area contributed by atoms with Gasteiger partial charge in [0.15, 0.2) is 9.84 Å². The third kappa shape index (κ3) is 3.76. The Morgan fingerprint density at radius 1 is 0.931 bits per heavy atom. The summed E-state index contributed by atoms with van der Waals surface area (Å²) in [5.74, 6) is 0.815. The van der Waals surface area contributed by atoms with Crippen molar-refractivity contribution >= 4 is 15.4 Å². The maximum Gasteiger partial charge on any atom is 0.175 e. The fraction of sp³-hybridized carbons (Fsp3) is 0.174. The van der Waals surface area contributed by atoms with Gasteiger partial charge in [0.1, 0.15) is 11.4 Å². The molecule has 0 spiro atoms. The number of hydrogen-bond donors (Lipinski definition) is 0. The number of aryl methyl sites for hydroxylation is 1. The molecule has 0 bridgehead atoms. The van der Waals surface area contributed by atoms with E-state index in [1.807, 2.05) is 73.1 Å². The summed E-state index contributed by atoms with van der Waals surface area (Å²) >= 11 is 0. The van der Waals surface area contributed by atoms with Gasteiger partial charge in [0.05, 0.1) is 17.0 Å². The van der Waals surface area contributed by atoms with Crippen molar-refractivity contribution in [1.29, 1.82) is 0 Å². The van der Waals surface area contributed by atoms with E-state index >= 15 is 0 Å². The van der Waals surface area contributed by atoms with Gasteiger partial charge < -0.3 is 4.74 Å². The van der Waals surface area contributed by atoms with E-state index in [9.17, 15) is 8.42 Å². The second-order valence-electron chi connectivity index (χ2n) is 7.01. The largest absolute Gasteiger partial charge is 0.494 e. The van der Waals surface area contributed by atoms with Crippen molar-refractivity contribution in [3.8, 4) is 28.1 Å². The lowest BCUT2D eigenvalue weighted by atomic mass is 9.99. The smallest absolute Gasteiger partial charge is 0.175 e. The summed E-state index contributed by atoms with van der Waals surface area (Å²) in [5.41, 5.74) is 5.76. The zero-order valence-corrected chi connectivity index (χ0v) is 17.4. The quantitative estimate of drug-likeness (QED) is 0.479. The van der Waals surface area contributed by atoms with E-state index in [1.165, 1.54) is 6.26 Å². The van der Waals surface area contributed by atoms with Crippen molar-refractivity contribution in [3.05, 3.63) is 72.4 Å². The van der Waals surface area contributed by atoms with Crippen LogP contribution in [0, 0.1) is 6.92 Å². The molecule has 29 heavy (non-hydrogen) atoms. The standard InChI is InChI=1S/C23H22N2O3S/c1-4-28-19-10-6-18(7-11-19)23-22(21-14-5-16(2)15-25(21)24-23)17-8-12-20(13-9-17)29(3,26)27/h5-15H,4H2,1-3H3. The normalized spacial score (nSPS) is 11.7. The van der Waals surface area contributed by atoms with Crippen LogP contribution in [0.15, 0.2) is 71.8 Å². The summed E-state index contributed by atoms with van der Waals surface area (Å²) in [4.78, 5) is 0.302. The maximum absolute atomic E-state index is 11.8. The molecular formula is C23H22N2O3S. The highest BCUT2D eigenvalue weighted by Gasteiger charge is 2.17. The molecule has 0 N–H and O–H groups in total. The van der Waals surface area contributed by atoms with Gasteiger partial charge in [-0.1, -0.05) is 18.2 Å². The highest BCUT2D eigenvalue weighted by atomic mass is 32.2. The Hall–Kier alpha value is -3.12. The molecule has 0 radical (unpaired) electrons. The van der Waals surface area contributed by atoms with Gasteiger partial charge in [-0.15, -0.1) is 0 Å². The Bertz CT molecular complexity index is 1270. The molecule has 4 aromatic rings. The fourth-order valence-electron chi connectivity index (χ4n) is 3.38. The second kappa shape index (κ2) is 7.37. The van der Waals surface area contributed by atoms with Crippen molar-refractivity contribution in [1.82, 2.24) is 9.61 Å². The highest BCUT2D eigenvalue weighted by Crippen LogP contribution is 2.36. The molecule has 148 valence electrons. The van der Waals surface area contributed by atoms with E-state index < -0.39 is 9.84 Å². The molecule has 2 aromatic carbocycles. The minimum absolute atomic E-state index is 0.302. The van der Waals surface area contributed by atoms with Crippen LogP contribution in [0.1, 0.15) is 12.5 Å². The number of aromatic nitrogens is 2. The van der Waals surface area contributed by atoms with Crippen LogP contribution in [-0.4, -0.2) is 30.9 Å². The highest BCUT2D eigenvalue weighted by molar-refractivity contribution is 7.90. The Morgan fingerprint density at radius 3 is 2.21 bits per heavy atom. The molecule has 0 saturated heterocycles. The monoisotopic (exact) mass is 406 g/mol. The van der Waals surface area contributed by atoms with E-state index in [4.69, 9.17) is 9.84 Å². The van der Waals surface area contributed by atoms with E-state index in [-0.39, 0.29) is 0 Å². The van der Waals surface area contributed by atoms with E-state index in [0.29, 0.717) is 11.5 Å². The van der Waals surface area contributed by atoms with Crippen LogP contribution >= 0.6 is 0 Å². The van der Waals surface area contributed by atoms with Gasteiger partial charge in [0.2, 0.25) is 0 Å². The predicted octanol–water partition coefficient (Wildman–Crippen LogP) is 4.78. The van der Waals surface area contributed by atoms with Crippen molar-refractivity contribution in [2.24, 2.45) is 0 Å². The average molecular weight is 407 g/mol. The number of hydrogen-bond acceptors (Lipinski definition) is 4. The lowest BCUT2D eigenvalue weighted by Gasteiger charge is -2.07. The molecule has 5 nitrogen and oxygen atoms in total. The van der Waals surface area contributed by atoms with Gasteiger partial charge in [-0.05, 0) is 67.4 Å². The Kier molecular flexibility index (Phi) is 4.88. The number of pyridine rings is 1. The van der Waals surface area contributed by atoms with Crippen molar-refractivity contribution in [2.45, 2.75) is 18.7 Å². The molecule has 6 heteroatoms. The summed E-state index contributed by atoms with van der Waals surface area (Å²) in [5, 5.41) is 4.82. The molecule has 0 atom stereocenters. The lowest BCUT2D eigenvalue weighted by molar-refractivity contribution is 0.340. The fourth-order valence-corrected chi connectivity index (χ4v) is 4.01. The van der Waals surface area contributed by atoms with E-state index in [1.54, 1.807) is 12.1 Å². The minimum atomic E-state index is -3.24.